The fourth-order valence-electron chi connectivity index (χ4n) is 2.89. The summed E-state index contributed by atoms with van der Waals surface area (Å²) >= 11 is 6.22. The molecule has 1 aliphatic heterocycles. The van der Waals surface area contributed by atoms with Crippen LogP contribution in [0.1, 0.15) is 23.3 Å². The number of aliphatic hydroxyl groups excluding tert-OH is 1. The molecule has 3 rings (SSSR count). The Labute approximate surface area is 152 Å². The summed E-state index contributed by atoms with van der Waals surface area (Å²) in [4.78, 5) is 18.9. The maximum Gasteiger partial charge on any atom is 0.364 e. The van der Waals surface area contributed by atoms with Gasteiger partial charge in [-0.1, -0.05) is 24.3 Å². The number of alkyl halides is 1. The van der Waals surface area contributed by atoms with Crippen molar-refractivity contribution in [3.05, 3.63) is 73.8 Å². The van der Waals surface area contributed by atoms with E-state index in [4.69, 9.17) is 21.1 Å². The maximum absolute atomic E-state index is 11.7. The molecule has 0 saturated heterocycles. The van der Waals surface area contributed by atoms with Gasteiger partial charge < -0.3 is 14.6 Å². The van der Waals surface area contributed by atoms with Gasteiger partial charge in [0.05, 0.1) is 17.0 Å². The van der Waals surface area contributed by atoms with E-state index in [-0.39, 0.29) is 22.6 Å². The van der Waals surface area contributed by atoms with E-state index in [0.717, 1.165) is 6.07 Å². The number of para-hydroxylation sites is 1. The van der Waals surface area contributed by atoms with Gasteiger partial charge in [-0.3, -0.25) is 20.2 Å². The molecule has 0 radical (unpaired) electrons. The molecule has 1 aliphatic rings. The Morgan fingerprint density at radius 1 is 1.23 bits per heavy atom. The zero-order valence-electron chi connectivity index (χ0n) is 13.4. The Morgan fingerprint density at radius 2 is 1.92 bits per heavy atom. The fourth-order valence-corrected chi connectivity index (χ4v) is 3.18. The van der Waals surface area contributed by atoms with Gasteiger partial charge in [0.15, 0.2) is 11.9 Å². The van der Waals surface area contributed by atoms with Crippen LogP contribution in [0.2, 0.25) is 0 Å². The van der Waals surface area contributed by atoms with E-state index in [1.54, 1.807) is 12.1 Å². The van der Waals surface area contributed by atoms with Gasteiger partial charge in [0.1, 0.15) is 5.75 Å². The third-order valence-corrected chi connectivity index (χ3v) is 4.73. The predicted molar refractivity (Wildman–Crippen MR) is 90.0 cm³/mol. The standard InChI is InChI=1S/C16H13ClN2O7/c1-25-13-7-6-9(8-11(13)18(21)22)15-16(17,19(23)24)14(20)10-4-2-3-5-12(10)26-15/h2-8,14-15,20H,1H3/t14-,15-,16+/m1/s1. The highest BCUT2D eigenvalue weighted by atomic mass is 35.5. The third-order valence-electron chi connectivity index (χ3n) is 4.19. The van der Waals surface area contributed by atoms with Crippen LogP contribution in [0.15, 0.2) is 42.5 Å². The van der Waals surface area contributed by atoms with Crippen LogP contribution in [0.25, 0.3) is 0 Å². The Morgan fingerprint density at radius 3 is 2.54 bits per heavy atom. The molecule has 0 amide bonds. The van der Waals surface area contributed by atoms with Crippen LogP contribution >= 0.6 is 11.6 Å². The summed E-state index contributed by atoms with van der Waals surface area (Å²) in [5.74, 6) is 0.193. The highest BCUT2D eigenvalue weighted by molar-refractivity contribution is 6.23. The molecule has 0 bridgehead atoms. The molecule has 1 heterocycles. The average molecular weight is 381 g/mol. The molecule has 1 N–H and O–H groups in total. The minimum atomic E-state index is -2.46. The SMILES string of the molecule is COc1ccc([C@H]2Oc3ccccc3[C@@H](O)[C@]2(Cl)[N+](=O)[O-])cc1[N+](=O)[O-]. The van der Waals surface area contributed by atoms with Crippen LogP contribution in [0, 0.1) is 20.2 Å². The van der Waals surface area contributed by atoms with Gasteiger partial charge in [0, 0.05) is 17.2 Å². The van der Waals surface area contributed by atoms with E-state index in [2.05, 4.69) is 0 Å². The van der Waals surface area contributed by atoms with Gasteiger partial charge in [-0.15, -0.1) is 0 Å². The summed E-state index contributed by atoms with van der Waals surface area (Å²) in [6.45, 7) is 0. The first-order chi connectivity index (χ1) is 12.3. The van der Waals surface area contributed by atoms with Crippen LogP contribution in [0.4, 0.5) is 5.69 Å². The molecule has 0 aliphatic carbocycles. The van der Waals surface area contributed by atoms with Gasteiger partial charge in [0.25, 0.3) is 0 Å². The molecule has 2 aromatic carbocycles. The summed E-state index contributed by atoms with van der Waals surface area (Å²) in [7, 11) is 1.27. The zero-order valence-corrected chi connectivity index (χ0v) is 14.1. The van der Waals surface area contributed by atoms with Crippen LogP contribution in [0.5, 0.6) is 11.5 Å². The highest BCUT2D eigenvalue weighted by Crippen LogP contribution is 2.52. The number of nitro benzene ring substituents is 1. The van der Waals surface area contributed by atoms with Gasteiger partial charge in [-0.2, -0.15) is 0 Å². The number of halogens is 1. The summed E-state index contributed by atoms with van der Waals surface area (Å²) in [5.41, 5.74) is -0.166. The Kier molecular flexibility index (Phi) is 4.43. The second-order valence-corrected chi connectivity index (χ2v) is 6.22. The average Bonchev–Trinajstić information content (AvgIpc) is 2.63. The van der Waals surface area contributed by atoms with Crippen LogP contribution in [0.3, 0.4) is 0 Å². The van der Waals surface area contributed by atoms with Crippen molar-refractivity contribution >= 4 is 17.3 Å². The number of ether oxygens (including phenoxy) is 2. The van der Waals surface area contributed by atoms with Crippen LogP contribution in [-0.2, 0) is 0 Å². The molecule has 0 saturated carbocycles. The number of hydrogen-bond acceptors (Lipinski definition) is 7. The fraction of sp³-hybridized carbons (Fsp3) is 0.250. The topological polar surface area (TPSA) is 125 Å². The molecule has 0 fully saturated rings. The molecule has 10 heteroatoms. The second-order valence-electron chi connectivity index (χ2n) is 5.61. The summed E-state index contributed by atoms with van der Waals surface area (Å²) < 4.78 is 10.6. The number of benzene rings is 2. The summed E-state index contributed by atoms with van der Waals surface area (Å²) in [6, 6.07) is 9.96. The zero-order chi connectivity index (χ0) is 19.1. The summed E-state index contributed by atoms with van der Waals surface area (Å²) in [6.07, 6.45) is -3.15. The van der Waals surface area contributed by atoms with Gasteiger partial charge in [-0.25, -0.2) is 0 Å². The first-order valence-corrected chi connectivity index (χ1v) is 7.77. The van der Waals surface area contributed by atoms with Crippen molar-refractivity contribution in [2.45, 2.75) is 17.2 Å². The highest BCUT2D eigenvalue weighted by Gasteiger charge is 2.61. The monoisotopic (exact) mass is 380 g/mol. The first-order valence-electron chi connectivity index (χ1n) is 7.40. The number of nitro groups is 2. The number of hydrogen-bond donors (Lipinski definition) is 1. The quantitative estimate of drug-likeness (QED) is 0.374. The molecule has 0 spiro atoms. The van der Waals surface area contributed by atoms with E-state index in [1.165, 1.54) is 31.4 Å². The summed E-state index contributed by atoms with van der Waals surface area (Å²) in [5, 5.41) is 33.5. The second kappa shape index (κ2) is 6.43. The number of rotatable bonds is 4. The van der Waals surface area contributed by atoms with Crippen LogP contribution < -0.4 is 9.47 Å². The van der Waals surface area contributed by atoms with E-state index in [9.17, 15) is 25.3 Å². The maximum atomic E-state index is 11.7. The van der Waals surface area contributed by atoms with Gasteiger partial charge in [0.2, 0.25) is 6.10 Å². The normalized spacial score (nSPS) is 24.3. The van der Waals surface area contributed by atoms with Crippen LogP contribution in [-0.4, -0.2) is 27.1 Å². The third kappa shape index (κ3) is 2.61. The lowest BCUT2D eigenvalue weighted by Gasteiger charge is -2.37. The first kappa shape index (κ1) is 17.9. The molecule has 0 aromatic heterocycles. The molecule has 136 valence electrons. The Hall–Kier alpha value is -2.91. The van der Waals surface area contributed by atoms with Crippen molar-refractivity contribution in [1.82, 2.24) is 0 Å². The van der Waals surface area contributed by atoms with Gasteiger partial charge in [-0.05, 0) is 23.7 Å². The molecule has 0 unspecified atom stereocenters. The van der Waals surface area contributed by atoms with E-state index in [0.29, 0.717) is 0 Å². The lowest BCUT2D eigenvalue weighted by atomic mass is 9.89. The molecule has 9 nitrogen and oxygen atoms in total. The molecular weight excluding hydrogens is 368 g/mol. The Balaban J connectivity index is 2.18. The van der Waals surface area contributed by atoms with E-state index < -0.39 is 32.7 Å². The van der Waals surface area contributed by atoms with E-state index >= 15 is 0 Å². The van der Waals surface area contributed by atoms with Crippen molar-refractivity contribution in [2.75, 3.05) is 7.11 Å². The van der Waals surface area contributed by atoms with Crippen molar-refractivity contribution < 1.29 is 24.4 Å². The van der Waals surface area contributed by atoms with Crippen molar-refractivity contribution in [3.63, 3.8) is 0 Å². The van der Waals surface area contributed by atoms with E-state index in [1.807, 2.05) is 0 Å². The van der Waals surface area contributed by atoms with Crippen molar-refractivity contribution in [1.29, 1.82) is 0 Å². The lowest BCUT2D eigenvalue weighted by molar-refractivity contribution is -0.570. The number of nitrogens with zero attached hydrogens (tertiary/aromatic N) is 2. The van der Waals surface area contributed by atoms with Crippen molar-refractivity contribution in [2.24, 2.45) is 0 Å². The smallest absolute Gasteiger partial charge is 0.364 e. The molecular formula is C16H13ClN2O7. The minimum Gasteiger partial charge on any atom is -0.490 e. The largest absolute Gasteiger partial charge is 0.490 e. The molecule has 2 aromatic rings. The molecule has 3 atom stereocenters. The number of methoxy groups -OCH3 is 1. The Bertz CT molecular complexity index is 891. The number of fused-ring (bicyclic) bond motifs is 1. The van der Waals surface area contributed by atoms with Crippen molar-refractivity contribution in [3.8, 4) is 11.5 Å². The number of aliphatic hydroxyl groups is 1. The van der Waals surface area contributed by atoms with Gasteiger partial charge >= 0.3 is 10.7 Å². The minimum absolute atomic E-state index is 0.0169. The lowest BCUT2D eigenvalue weighted by Crippen LogP contribution is -2.49. The predicted octanol–water partition coefficient (Wildman–Crippen LogP) is 2.98. The molecule has 26 heavy (non-hydrogen) atoms.